The number of rotatable bonds is 5. The fourth-order valence-corrected chi connectivity index (χ4v) is 2.68. The Bertz CT molecular complexity index is 328. The second-order valence-corrected chi connectivity index (χ2v) is 4.96. The number of likely N-dealkylation sites (N-methyl/N-ethyl adjacent to an activating group) is 1. The zero-order valence-electron chi connectivity index (χ0n) is 10.5. The summed E-state index contributed by atoms with van der Waals surface area (Å²) in [5.41, 5.74) is 3.02. The monoisotopic (exact) mass is 217 g/mol. The lowest BCUT2D eigenvalue weighted by atomic mass is 9.72. The molecule has 0 spiro atoms. The third-order valence-electron chi connectivity index (χ3n) is 3.92. The summed E-state index contributed by atoms with van der Waals surface area (Å²) in [6.07, 6.45) is 4.27. The molecule has 0 amide bonds. The van der Waals surface area contributed by atoms with Gasteiger partial charge < -0.3 is 5.32 Å². The largest absolute Gasteiger partial charge is 0.316 e. The van der Waals surface area contributed by atoms with E-state index in [-0.39, 0.29) is 0 Å². The summed E-state index contributed by atoms with van der Waals surface area (Å²) < 4.78 is 0. The highest BCUT2D eigenvalue weighted by atomic mass is 14.8. The van der Waals surface area contributed by atoms with Gasteiger partial charge in [-0.2, -0.15) is 0 Å². The maximum atomic E-state index is 3.52. The Labute approximate surface area is 99.3 Å². The summed E-state index contributed by atoms with van der Waals surface area (Å²) in [5, 5.41) is 3.52. The third-order valence-corrected chi connectivity index (χ3v) is 3.92. The van der Waals surface area contributed by atoms with E-state index in [9.17, 15) is 0 Å². The van der Waals surface area contributed by atoms with E-state index >= 15 is 0 Å². The minimum atomic E-state index is 0.731. The van der Waals surface area contributed by atoms with Crippen molar-refractivity contribution in [3.05, 3.63) is 35.4 Å². The first-order valence-corrected chi connectivity index (χ1v) is 6.59. The first-order valence-electron chi connectivity index (χ1n) is 6.59. The van der Waals surface area contributed by atoms with Gasteiger partial charge in [0, 0.05) is 6.54 Å². The van der Waals surface area contributed by atoms with Crippen molar-refractivity contribution in [2.24, 2.45) is 5.92 Å². The second kappa shape index (κ2) is 5.49. The van der Waals surface area contributed by atoms with Crippen molar-refractivity contribution in [3.63, 3.8) is 0 Å². The minimum Gasteiger partial charge on any atom is -0.316 e. The van der Waals surface area contributed by atoms with Crippen molar-refractivity contribution >= 4 is 0 Å². The molecule has 1 fully saturated rings. The Hall–Kier alpha value is -0.820. The van der Waals surface area contributed by atoms with Crippen LogP contribution in [0.5, 0.6) is 0 Å². The molecule has 0 aliphatic heterocycles. The van der Waals surface area contributed by atoms with Crippen LogP contribution in [0.3, 0.4) is 0 Å². The van der Waals surface area contributed by atoms with Gasteiger partial charge in [-0.15, -0.1) is 0 Å². The number of benzene rings is 1. The zero-order valence-corrected chi connectivity index (χ0v) is 10.5. The number of aryl methyl sites for hydroxylation is 1. The van der Waals surface area contributed by atoms with E-state index in [4.69, 9.17) is 0 Å². The molecule has 0 saturated heterocycles. The first-order chi connectivity index (χ1) is 7.83. The molecule has 0 aromatic heterocycles. The van der Waals surface area contributed by atoms with Crippen LogP contribution in [0.2, 0.25) is 0 Å². The molecule has 0 radical (unpaired) electrons. The Morgan fingerprint density at radius 3 is 2.62 bits per heavy atom. The van der Waals surface area contributed by atoms with E-state index < -0.39 is 0 Å². The quantitative estimate of drug-likeness (QED) is 0.796. The molecule has 1 atom stereocenters. The van der Waals surface area contributed by atoms with Crippen LogP contribution < -0.4 is 5.32 Å². The predicted octanol–water partition coefficient (Wildman–Crippen LogP) is 3.49. The van der Waals surface area contributed by atoms with E-state index in [0.717, 1.165) is 24.9 Å². The van der Waals surface area contributed by atoms with Crippen LogP contribution in [0.1, 0.15) is 43.2 Å². The van der Waals surface area contributed by atoms with E-state index in [1.165, 1.54) is 24.8 Å². The summed E-state index contributed by atoms with van der Waals surface area (Å²) in [6, 6.07) is 8.88. The highest BCUT2D eigenvalue weighted by molar-refractivity contribution is 5.30. The lowest BCUT2D eigenvalue weighted by molar-refractivity contribution is 0.255. The van der Waals surface area contributed by atoms with E-state index in [0.29, 0.717) is 0 Å². The van der Waals surface area contributed by atoms with Crippen molar-refractivity contribution in [1.82, 2.24) is 5.32 Å². The van der Waals surface area contributed by atoms with Gasteiger partial charge >= 0.3 is 0 Å². The van der Waals surface area contributed by atoms with Gasteiger partial charge in [-0.3, -0.25) is 0 Å². The van der Waals surface area contributed by atoms with E-state index in [1.807, 2.05) is 0 Å². The maximum Gasteiger partial charge on any atom is 0.00228 e. The van der Waals surface area contributed by atoms with Crippen molar-refractivity contribution in [2.75, 3.05) is 13.1 Å². The second-order valence-electron chi connectivity index (χ2n) is 4.96. The van der Waals surface area contributed by atoms with E-state index in [1.54, 1.807) is 5.56 Å². The van der Waals surface area contributed by atoms with Crippen LogP contribution in [0, 0.1) is 12.8 Å². The summed E-state index contributed by atoms with van der Waals surface area (Å²) >= 11 is 0. The van der Waals surface area contributed by atoms with Crippen LogP contribution in [0.25, 0.3) is 0 Å². The van der Waals surface area contributed by atoms with Crippen molar-refractivity contribution in [3.8, 4) is 0 Å². The zero-order chi connectivity index (χ0) is 11.4. The average molecular weight is 217 g/mol. The SMILES string of the molecule is CCNCC(c1ccccc1C)C1CCC1. The summed E-state index contributed by atoms with van der Waals surface area (Å²) in [7, 11) is 0. The topological polar surface area (TPSA) is 12.0 Å². The molecule has 1 N–H and O–H groups in total. The Morgan fingerprint density at radius 1 is 1.31 bits per heavy atom. The normalized spacial score (nSPS) is 18.1. The molecule has 1 aromatic carbocycles. The summed E-state index contributed by atoms with van der Waals surface area (Å²) in [6.45, 7) is 6.66. The van der Waals surface area contributed by atoms with Gasteiger partial charge in [0.05, 0.1) is 0 Å². The van der Waals surface area contributed by atoms with E-state index in [2.05, 4.69) is 43.4 Å². The molecule has 1 heteroatoms. The number of nitrogens with one attached hydrogen (secondary N) is 1. The molecular weight excluding hydrogens is 194 g/mol. The van der Waals surface area contributed by atoms with Gasteiger partial charge in [-0.05, 0) is 49.3 Å². The van der Waals surface area contributed by atoms with Crippen LogP contribution in [0.15, 0.2) is 24.3 Å². The smallest absolute Gasteiger partial charge is 0.00228 e. The molecule has 0 heterocycles. The number of hydrogen-bond donors (Lipinski definition) is 1. The highest BCUT2D eigenvalue weighted by Crippen LogP contribution is 2.39. The predicted molar refractivity (Wildman–Crippen MR) is 69.8 cm³/mol. The fraction of sp³-hybridized carbons (Fsp3) is 0.600. The van der Waals surface area contributed by atoms with Crippen molar-refractivity contribution in [1.29, 1.82) is 0 Å². The van der Waals surface area contributed by atoms with Gasteiger partial charge in [-0.1, -0.05) is 37.6 Å². The Morgan fingerprint density at radius 2 is 2.06 bits per heavy atom. The van der Waals surface area contributed by atoms with Crippen LogP contribution in [-0.2, 0) is 0 Å². The molecule has 1 unspecified atom stereocenters. The molecular formula is C15H23N. The molecule has 1 saturated carbocycles. The standard InChI is InChI=1S/C15H23N/c1-3-16-11-15(13-8-6-9-13)14-10-5-4-7-12(14)2/h4-5,7,10,13,15-16H,3,6,8-9,11H2,1-2H3. The molecule has 2 rings (SSSR count). The molecule has 1 aromatic rings. The lowest BCUT2D eigenvalue weighted by Gasteiger charge is -2.35. The molecule has 1 aliphatic carbocycles. The van der Waals surface area contributed by atoms with Crippen LogP contribution in [0.4, 0.5) is 0 Å². The molecule has 16 heavy (non-hydrogen) atoms. The summed E-state index contributed by atoms with van der Waals surface area (Å²) in [4.78, 5) is 0. The van der Waals surface area contributed by atoms with Gasteiger partial charge in [-0.25, -0.2) is 0 Å². The maximum absolute atomic E-state index is 3.52. The van der Waals surface area contributed by atoms with Gasteiger partial charge in [0.2, 0.25) is 0 Å². The third kappa shape index (κ3) is 2.46. The Kier molecular flexibility index (Phi) is 4.00. The minimum absolute atomic E-state index is 0.731. The molecule has 1 aliphatic rings. The van der Waals surface area contributed by atoms with Gasteiger partial charge in [0.25, 0.3) is 0 Å². The fourth-order valence-electron chi connectivity index (χ4n) is 2.68. The first kappa shape index (κ1) is 11.7. The average Bonchev–Trinajstić information content (AvgIpc) is 2.22. The number of hydrogen-bond acceptors (Lipinski definition) is 1. The molecule has 1 nitrogen and oxygen atoms in total. The Balaban J connectivity index is 2.13. The van der Waals surface area contributed by atoms with Gasteiger partial charge in [0.15, 0.2) is 0 Å². The molecule has 88 valence electrons. The van der Waals surface area contributed by atoms with Crippen molar-refractivity contribution in [2.45, 2.75) is 39.0 Å². The summed E-state index contributed by atoms with van der Waals surface area (Å²) in [5.74, 6) is 1.65. The van der Waals surface area contributed by atoms with Gasteiger partial charge in [0.1, 0.15) is 0 Å². The highest BCUT2D eigenvalue weighted by Gasteiger charge is 2.28. The lowest BCUT2D eigenvalue weighted by Crippen LogP contribution is -2.30. The van der Waals surface area contributed by atoms with Crippen LogP contribution in [-0.4, -0.2) is 13.1 Å². The van der Waals surface area contributed by atoms with Crippen molar-refractivity contribution < 1.29 is 0 Å². The van der Waals surface area contributed by atoms with Crippen LogP contribution >= 0.6 is 0 Å². The molecule has 0 bridgehead atoms.